The number of rotatable bonds is 1. The summed E-state index contributed by atoms with van der Waals surface area (Å²) in [5.41, 5.74) is 0.0618. The minimum Gasteiger partial charge on any atom is -0.205 e. The van der Waals surface area contributed by atoms with Gasteiger partial charge in [0, 0.05) is 17.1 Å². The van der Waals surface area contributed by atoms with Crippen LogP contribution in [0.1, 0.15) is 12.0 Å². The fourth-order valence-corrected chi connectivity index (χ4v) is 1.71. The van der Waals surface area contributed by atoms with Gasteiger partial charge in [-0.1, -0.05) is 12.1 Å². The molecule has 0 radical (unpaired) electrons. The Morgan fingerprint density at radius 1 is 1.33 bits per heavy atom. The summed E-state index contributed by atoms with van der Waals surface area (Å²) in [6.45, 7) is 0. The van der Waals surface area contributed by atoms with E-state index in [0.29, 0.717) is 0 Å². The maximum Gasteiger partial charge on any atom is 0.263 e. The number of alkyl halides is 2. The van der Waals surface area contributed by atoms with Crippen LogP contribution in [-0.4, -0.2) is 4.37 Å². The van der Waals surface area contributed by atoms with Gasteiger partial charge in [0.05, 0.1) is 4.70 Å². The minimum absolute atomic E-state index is 0.0618. The Bertz CT molecular complexity index is 397. The second kappa shape index (κ2) is 2.79. The Kier molecular flexibility index (Phi) is 1.77. The van der Waals surface area contributed by atoms with Gasteiger partial charge in [0.15, 0.2) is 0 Å². The number of halogens is 2. The molecule has 2 aromatic rings. The molecule has 0 atom stereocenters. The van der Waals surface area contributed by atoms with Crippen molar-refractivity contribution < 1.29 is 8.78 Å². The molecule has 62 valence electrons. The predicted molar refractivity (Wildman–Crippen MR) is 44.6 cm³/mol. The van der Waals surface area contributed by atoms with Crippen LogP contribution in [0, 0.1) is 0 Å². The normalized spacial score (nSPS) is 11.2. The summed E-state index contributed by atoms with van der Waals surface area (Å²) in [5, 5.41) is 0.921. The van der Waals surface area contributed by atoms with Gasteiger partial charge in [0.1, 0.15) is 0 Å². The van der Waals surface area contributed by atoms with Crippen LogP contribution in [0.25, 0.3) is 10.1 Å². The number of hydrogen-bond acceptors (Lipinski definition) is 2. The van der Waals surface area contributed by atoms with E-state index < -0.39 is 6.43 Å². The highest BCUT2D eigenvalue weighted by Gasteiger charge is 2.07. The first-order valence-corrected chi connectivity index (χ1v) is 4.17. The molecular weight excluding hydrogens is 180 g/mol. The molecule has 1 nitrogen and oxygen atoms in total. The molecule has 0 bridgehead atoms. The van der Waals surface area contributed by atoms with Crippen LogP contribution in [0.5, 0.6) is 0 Å². The monoisotopic (exact) mass is 185 g/mol. The van der Waals surface area contributed by atoms with Crippen molar-refractivity contribution in [3.05, 3.63) is 30.0 Å². The third-order valence-electron chi connectivity index (χ3n) is 1.63. The molecule has 0 aliphatic rings. The smallest absolute Gasteiger partial charge is 0.205 e. The number of nitrogens with zero attached hydrogens (tertiary/aromatic N) is 1. The number of benzene rings is 1. The summed E-state index contributed by atoms with van der Waals surface area (Å²) in [5.74, 6) is 0. The average molecular weight is 185 g/mol. The Labute approximate surface area is 71.8 Å². The van der Waals surface area contributed by atoms with Crippen LogP contribution in [0.3, 0.4) is 0 Å². The largest absolute Gasteiger partial charge is 0.263 e. The Balaban J connectivity index is 2.60. The number of fused-ring (bicyclic) bond motifs is 1. The molecule has 0 aliphatic carbocycles. The van der Waals surface area contributed by atoms with E-state index in [1.165, 1.54) is 23.7 Å². The second-order valence-corrected chi connectivity index (χ2v) is 3.26. The Hall–Kier alpha value is -1.03. The number of hydrogen-bond donors (Lipinski definition) is 0. The van der Waals surface area contributed by atoms with E-state index in [1.54, 1.807) is 12.3 Å². The quantitative estimate of drug-likeness (QED) is 0.664. The second-order valence-electron chi connectivity index (χ2n) is 2.42. The predicted octanol–water partition coefficient (Wildman–Crippen LogP) is 3.23. The molecule has 4 heteroatoms. The Morgan fingerprint density at radius 3 is 2.92 bits per heavy atom. The zero-order valence-electron chi connectivity index (χ0n) is 6.00. The standard InChI is InChI=1S/C8H5F2NS/c9-8(10)5-1-2-6-4-11-12-7(6)3-5/h1-4,8H. The van der Waals surface area contributed by atoms with Crippen molar-refractivity contribution in [2.24, 2.45) is 0 Å². The summed E-state index contributed by atoms with van der Waals surface area (Å²) >= 11 is 1.24. The van der Waals surface area contributed by atoms with E-state index in [-0.39, 0.29) is 5.56 Å². The summed E-state index contributed by atoms with van der Waals surface area (Å²) in [6, 6.07) is 4.58. The Morgan fingerprint density at radius 2 is 2.17 bits per heavy atom. The molecule has 0 aliphatic heterocycles. The first-order valence-electron chi connectivity index (χ1n) is 3.40. The highest BCUT2D eigenvalue weighted by molar-refractivity contribution is 7.13. The van der Waals surface area contributed by atoms with E-state index >= 15 is 0 Å². The summed E-state index contributed by atoms with van der Waals surface area (Å²) in [7, 11) is 0. The molecule has 0 N–H and O–H groups in total. The van der Waals surface area contributed by atoms with Crippen molar-refractivity contribution in [1.29, 1.82) is 0 Å². The molecule has 0 unspecified atom stereocenters. The lowest BCUT2D eigenvalue weighted by molar-refractivity contribution is 0.151. The van der Waals surface area contributed by atoms with Gasteiger partial charge in [-0.25, -0.2) is 8.78 Å². The van der Waals surface area contributed by atoms with Crippen LogP contribution in [0.2, 0.25) is 0 Å². The van der Waals surface area contributed by atoms with E-state index in [9.17, 15) is 8.78 Å². The van der Waals surface area contributed by atoms with Crippen molar-refractivity contribution in [2.45, 2.75) is 6.43 Å². The zero-order valence-corrected chi connectivity index (χ0v) is 6.81. The maximum atomic E-state index is 12.2. The molecule has 0 saturated heterocycles. The van der Waals surface area contributed by atoms with Crippen molar-refractivity contribution in [3.63, 3.8) is 0 Å². The van der Waals surface area contributed by atoms with Gasteiger partial charge in [0.25, 0.3) is 6.43 Å². The fraction of sp³-hybridized carbons (Fsp3) is 0.125. The maximum absolute atomic E-state index is 12.2. The topological polar surface area (TPSA) is 12.9 Å². The fourth-order valence-electron chi connectivity index (χ4n) is 1.01. The van der Waals surface area contributed by atoms with Gasteiger partial charge in [0.2, 0.25) is 0 Å². The van der Waals surface area contributed by atoms with Crippen molar-refractivity contribution >= 4 is 21.6 Å². The molecule has 1 aromatic heterocycles. The minimum atomic E-state index is -2.39. The summed E-state index contributed by atoms with van der Waals surface area (Å²) < 4.78 is 29.1. The van der Waals surface area contributed by atoms with E-state index in [1.807, 2.05) is 0 Å². The first-order chi connectivity index (χ1) is 5.77. The highest BCUT2D eigenvalue weighted by atomic mass is 32.1. The lowest BCUT2D eigenvalue weighted by Gasteiger charge is -1.97. The molecule has 0 amide bonds. The molecule has 12 heavy (non-hydrogen) atoms. The van der Waals surface area contributed by atoms with Crippen LogP contribution in [0.4, 0.5) is 8.78 Å². The van der Waals surface area contributed by atoms with E-state index in [2.05, 4.69) is 4.37 Å². The van der Waals surface area contributed by atoms with Crippen LogP contribution < -0.4 is 0 Å². The third-order valence-corrected chi connectivity index (χ3v) is 2.39. The van der Waals surface area contributed by atoms with E-state index in [0.717, 1.165) is 10.1 Å². The van der Waals surface area contributed by atoms with Gasteiger partial charge in [-0.3, -0.25) is 0 Å². The third kappa shape index (κ3) is 1.18. The molecule has 0 spiro atoms. The highest BCUT2D eigenvalue weighted by Crippen LogP contribution is 2.25. The molecule has 1 aromatic carbocycles. The van der Waals surface area contributed by atoms with Crippen LogP contribution >= 0.6 is 11.5 Å². The lowest BCUT2D eigenvalue weighted by Crippen LogP contribution is -1.80. The zero-order chi connectivity index (χ0) is 8.55. The van der Waals surface area contributed by atoms with Crippen LogP contribution in [-0.2, 0) is 0 Å². The summed E-state index contributed by atoms with van der Waals surface area (Å²) in [6.07, 6.45) is -0.716. The van der Waals surface area contributed by atoms with Gasteiger partial charge in [-0.2, -0.15) is 4.37 Å². The van der Waals surface area contributed by atoms with Crippen LogP contribution in [0.15, 0.2) is 24.4 Å². The SMILES string of the molecule is FC(F)c1ccc2cnsc2c1. The van der Waals surface area contributed by atoms with Gasteiger partial charge in [-0.05, 0) is 17.6 Å². The van der Waals surface area contributed by atoms with Gasteiger partial charge < -0.3 is 0 Å². The lowest BCUT2D eigenvalue weighted by atomic mass is 10.2. The van der Waals surface area contributed by atoms with Crippen molar-refractivity contribution in [1.82, 2.24) is 4.37 Å². The molecule has 2 rings (SSSR count). The number of aromatic nitrogens is 1. The first kappa shape index (κ1) is 7.61. The average Bonchev–Trinajstić information content (AvgIpc) is 2.49. The van der Waals surface area contributed by atoms with Gasteiger partial charge >= 0.3 is 0 Å². The van der Waals surface area contributed by atoms with Crippen molar-refractivity contribution in [2.75, 3.05) is 0 Å². The van der Waals surface area contributed by atoms with E-state index in [4.69, 9.17) is 0 Å². The molecule has 0 saturated carbocycles. The molecular formula is C8H5F2NS. The molecule has 1 heterocycles. The summed E-state index contributed by atoms with van der Waals surface area (Å²) in [4.78, 5) is 0. The van der Waals surface area contributed by atoms with Crippen molar-refractivity contribution in [3.8, 4) is 0 Å². The molecule has 0 fully saturated rings. The van der Waals surface area contributed by atoms with Gasteiger partial charge in [-0.15, -0.1) is 0 Å².